The predicted octanol–water partition coefficient (Wildman–Crippen LogP) is 10.6. The van der Waals surface area contributed by atoms with E-state index in [1.54, 1.807) is 6.07 Å². The van der Waals surface area contributed by atoms with Gasteiger partial charge in [-0.2, -0.15) is 0 Å². The maximum Gasteiger partial charge on any atom is 0.196 e. The lowest BCUT2D eigenvalue weighted by atomic mass is 9.98. The summed E-state index contributed by atoms with van der Waals surface area (Å²) in [6, 6.07) is 46.3. The molecule has 0 bridgehead atoms. The van der Waals surface area contributed by atoms with Crippen LogP contribution in [0, 0.1) is 13.1 Å². The number of para-hydroxylation sites is 3. The Morgan fingerprint density at radius 1 is 0.429 bits per heavy atom. The molecule has 0 aliphatic carbocycles. The third-order valence-corrected chi connectivity index (χ3v) is 8.15. The number of rotatable bonds is 3. The van der Waals surface area contributed by atoms with Gasteiger partial charge in [-0.1, -0.05) is 91.0 Å². The average molecular weight is 535 g/mol. The summed E-state index contributed by atoms with van der Waals surface area (Å²) in [5, 5.41) is 4.76. The van der Waals surface area contributed by atoms with Gasteiger partial charge in [0.1, 0.15) is 0 Å². The van der Waals surface area contributed by atoms with Crippen molar-refractivity contribution in [1.29, 1.82) is 0 Å². The molecule has 0 fully saturated rings. The van der Waals surface area contributed by atoms with Crippen LogP contribution in [-0.4, -0.2) is 9.13 Å². The largest absolute Gasteiger partial charge is 0.311 e. The highest BCUT2D eigenvalue weighted by atomic mass is 15.0. The number of hydrogen-bond acceptors (Lipinski definition) is 0. The smallest absolute Gasteiger partial charge is 0.196 e. The van der Waals surface area contributed by atoms with Gasteiger partial charge in [-0.05, 0) is 53.6 Å². The van der Waals surface area contributed by atoms with Crippen LogP contribution in [0.5, 0.6) is 0 Å². The van der Waals surface area contributed by atoms with Gasteiger partial charge in [0.15, 0.2) is 11.4 Å². The molecule has 0 spiro atoms. The molecule has 0 atom stereocenters. The molecule has 4 heteroatoms. The zero-order valence-electron chi connectivity index (χ0n) is 22.5. The molecule has 0 N–H and O–H groups in total. The molecule has 0 saturated heterocycles. The van der Waals surface area contributed by atoms with Gasteiger partial charge in [0, 0.05) is 32.9 Å². The highest BCUT2D eigenvalue weighted by molar-refractivity contribution is 6.17. The highest BCUT2D eigenvalue weighted by Gasteiger charge is 2.18. The van der Waals surface area contributed by atoms with Crippen molar-refractivity contribution < 1.29 is 0 Å². The first-order valence-corrected chi connectivity index (χ1v) is 13.8. The van der Waals surface area contributed by atoms with Crippen LogP contribution < -0.4 is 0 Å². The molecule has 0 aliphatic rings. The Kier molecular flexibility index (Phi) is 5.22. The van der Waals surface area contributed by atoms with Crippen molar-refractivity contribution in [1.82, 2.24) is 9.13 Å². The fraction of sp³-hybridized carbons (Fsp3) is 0. The van der Waals surface area contributed by atoms with E-state index in [1.165, 1.54) is 16.3 Å². The normalized spacial score (nSPS) is 11.3. The molecule has 42 heavy (non-hydrogen) atoms. The summed E-state index contributed by atoms with van der Waals surface area (Å²) in [6.45, 7) is 15.1. The van der Waals surface area contributed by atoms with E-state index in [0.717, 1.165) is 49.8 Å². The summed E-state index contributed by atoms with van der Waals surface area (Å²) < 4.78 is 4.55. The first kappa shape index (κ1) is 23.8. The molecule has 0 saturated carbocycles. The second kappa shape index (κ2) is 9.24. The van der Waals surface area contributed by atoms with Crippen LogP contribution in [0.15, 0.2) is 133 Å². The highest BCUT2D eigenvalue weighted by Crippen LogP contribution is 2.42. The van der Waals surface area contributed by atoms with Crippen LogP contribution >= 0.6 is 0 Å². The van der Waals surface area contributed by atoms with Gasteiger partial charge in [0.05, 0.1) is 35.2 Å². The van der Waals surface area contributed by atoms with Crippen LogP contribution in [0.1, 0.15) is 0 Å². The van der Waals surface area contributed by atoms with E-state index in [1.807, 2.05) is 18.2 Å². The molecule has 0 unspecified atom stereocenters. The van der Waals surface area contributed by atoms with Crippen LogP contribution in [0.3, 0.4) is 0 Å². The van der Waals surface area contributed by atoms with Gasteiger partial charge in [0.25, 0.3) is 0 Å². The summed E-state index contributed by atoms with van der Waals surface area (Å²) in [7, 11) is 0. The summed E-state index contributed by atoms with van der Waals surface area (Å²) in [6.07, 6.45) is 0. The van der Waals surface area contributed by atoms with Gasteiger partial charge in [-0.15, -0.1) is 0 Å². The SMILES string of the molecule is [C-]#[N+]c1ccc(-n2c3ccccc3c3c(-c4ccc5c6ccccc6n(-c6ccccc6)c5c4)cccc32)cc1[N+]#[C-]. The lowest BCUT2D eigenvalue weighted by Gasteiger charge is -2.11. The molecule has 6 aromatic carbocycles. The molecular weight excluding hydrogens is 512 g/mol. The minimum Gasteiger partial charge on any atom is -0.311 e. The third-order valence-electron chi connectivity index (χ3n) is 8.15. The van der Waals surface area contributed by atoms with Crippen molar-refractivity contribution in [2.24, 2.45) is 0 Å². The zero-order chi connectivity index (χ0) is 28.2. The van der Waals surface area contributed by atoms with Gasteiger partial charge < -0.3 is 9.13 Å². The maximum absolute atomic E-state index is 7.64. The Labute approximate surface area is 242 Å². The average Bonchev–Trinajstić information content (AvgIpc) is 3.57. The van der Waals surface area contributed by atoms with Gasteiger partial charge in [-0.3, -0.25) is 9.69 Å². The number of hydrogen-bond donors (Lipinski definition) is 0. The van der Waals surface area contributed by atoms with Gasteiger partial charge >= 0.3 is 0 Å². The quantitative estimate of drug-likeness (QED) is 0.201. The van der Waals surface area contributed by atoms with Crippen molar-refractivity contribution in [2.75, 3.05) is 0 Å². The standard InChI is InChI=1S/C38H22N4/c1-39-32-22-20-27(24-33(32)40-2)42-35-17-9-7-14-31(35)38-28(15-10-18-36(38)42)25-19-21-30-29-13-6-8-16-34(29)41(37(30)23-25)26-11-4-3-5-12-26/h3-24H. The van der Waals surface area contributed by atoms with E-state index in [2.05, 4.69) is 128 Å². The van der Waals surface area contributed by atoms with E-state index >= 15 is 0 Å². The lowest BCUT2D eigenvalue weighted by Crippen LogP contribution is -1.94. The number of aromatic nitrogens is 2. The van der Waals surface area contributed by atoms with Gasteiger partial charge in [0.2, 0.25) is 0 Å². The molecule has 0 radical (unpaired) electrons. The number of fused-ring (bicyclic) bond motifs is 6. The molecule has 0 amide bonds. The molecule has 2 aromatic heterocycles. The van der Waals surface area contributed by atoms with Gasteiger partial charge in [-0.25, -0.2) is 0 Å². The Hall–Kier alpha value is -6.10. The zero-order valence-corrected chi connectivity index (χ0v) is 22.5. The van der Waals surface area contributed by atoms with E-state index < -0.39 is 0 Å². The molecule has 194 valence electrons. The first-order valence-electron chi connectivity index (χ1n) is 13.8. The van der Waals surface area contributed by atoms with E-state index in [4.69, 9.17) is 13.1 Å². The Balaban J connectivity index is 1.43. The molecular formula is C38H22N4. The van der Waals surface area contributed by atoms with E-state index in [0.29, 0.717) is 11.4 Å². The Bertz CT molecular complexity index is 2430. The molecule has 2 heterocycles. The van der Waals surface area contributed by atoms with Crippen molar-refractivity contribution in [3.63, 3.8) is 0 Å². The second-order valence-electron chi connectivity index (χ2n) is 10.4. The van der Waals surface area contributed by atoms with E-state index in [9.17, 15) is 0 Å². The molecule has 8 aromatic rings. The third kappa shape index (κ3) is 3.40. The maximum atomic E-state index is 7.64. The Morgan fingerprint density at radius 2 is 1.07 bits per heavy atom. The molecule has 0 aliphatic heterocycles. The topological polar surface area (TPSA) is 18.6 Å². The van der Waals surface area contributed by atoms with Crippen LogP contribution in [0.2, 0.25) is 0 Å². The van der Waals surface area contributed by atoms with Crippen molar-refractivity contribution in [3.8, 4) is 22.5 Å². The number of benzene rings is 6. The summed E-state index contributed by atoms with van der Waals surface area (Å²) in [4.78, 5) is 7.17. The van der Waals surface area contributed by atoms with Crippen molar-refractivity contribution >= 4 is 55.0 Å². The first-order chi connectivity index (χ1) is 20.8. The summed E-state index contributed by atoms with van der Waals surface area (Å²) >= 11 is 0. The monoisotopic (exact) mass is 534 g/mol. The van der Waals surface area contributed by atoms with Crippen LogP contribution in [0.4, 0.5) is 11.4 Å². The summed E-state index contributed by atoms with van der Waals surface area (Å²) in [5.74, 6) is 0. The Morgan fingerprint density at radius 3 is 1.86 bits per heavy atom. The predicted molar refractivity (Wildman–Crippen MR) is 173 cm³/mol. The van der Waals surface area contributed by atoms with E-state index in [-0.39, 0.29) is 0 Å². The van der Waals surface area contributed by atoms with Crippen molar-refractivity contribution in [3.05, 3.63) is 156 Å². The summed E-state index contributed by atoms with van der Waals surface area (Å²) in [5.41, 5.74) is 9.50. The fourth-order valence-electron chi connectivity index (χ4n) is 6.37. The lowest BCUT2D eigenvalue weighted by molar-refractivity contribution is 1.18. The number of nitrogens with zero attached hydrogens (tertiary/aromatic N) is 4. The van der Waals surface area contributed by atoms with Crippen molar-refractivity contribution in [2.45, 2.75) is 0 Å². The molecule has 8 rings (SSSR count). The van der Waals surface area contributed by atoms with Crippen LogP contribution in [-0.2, 0) is 0 Å². The minimum atomic E-state index is 0.365. The second-order valence-corrected chi connectivity index (χ2v) is 10.4. The fourth-order valence-corrected chi connectivity index (χ4v) is 6.37. The van der Waals surface area contributed by atoms with Crippen LogP contribution in [0.25, 0.3) is 75.8 Å². The molecule has 4 nitrogen and oxygen atoms in total. The minimum absolute atomic E-state index is 0.365.